The average Bonchev–Trinajstić information content (AvgIpc) is 2.35. The molecule has 1 rings (SSSR count). The number of rotatable bonds is 5. The van der Waals surface area contributed by atoms with E-state index in [1.807, 2.05) is 13.8 Å². The van der Waals surface area contributed by atoms with Crippen LogP contribution in [0.4, 0.5) is 5.82 Å². The van der Waals surface area contributed by atoms with Gasteiger partial charge in [-0.1, -0.05) is 13.8 Å². The zero-order chi connectivity index (χ0) is 13.8. The van der Waals surface area contributed by atoms with Gasteiger partial charge in [0.15, 0.2) is 0 Å². The topological polar surface area (TPSA) is 84.3 Å². The third-order valence-electron chi connectivity index (χ3n) is 2.40. The fourth-order valence-corrected chi connectivity index (χ4v) is 1.23. The molecule has 0 spiro atoms. The summed E-state index contributed by atoms with van der Waals surface area (Å²) in [5.41, 5.74) is 0.416. The molecule has 0 aromatic carbocycles. The van der Waals surface area contributed by atoms with Crippen LogP contribution in [-0.4, -0.2) is 41.3 Å². The molecule has 0 fully saturated rings. The third-order valence-corrected chi connectivity index (χ3v) is 2.40. The lowest BCUT2D eigenvalue weighted by molar-refractivity contribution is 0.0586. The molecule has 0 amide bonds. The quantitative estimate of drug-likeness (QED) is 0.762. The second kappa shape index (κ2) is 5.77. The van der Waals surface area contributed by atoms with Crippen LogP contribution in [0.3, 0.4) is 0 Å². The van der Waals surface area contributed by atoms with Crippen LogP contribution in [0.15, 0.2) is 6.07 Å². The smallest absolute Gasteiger partial charge is 0.376 e. The molecule has 0 radical (unpaired) electrons. The van der Waals surface area contributed by atoms with Crippen LogP contribution >= 0.6 is 0 Å². The molecule has 0 bridgehead atoms. The maximum Gasteiger partial charge on any atom is 0.376 e. The number of aliphatic hydroxyl groups is 1. The number of ether oxygens (including phenoxy) is 1. The third kappa shape index (κ3) is 3.96. The summed E-state index contributed by atoms with van der Waals surface area (Å²) in [4.78, 5) is 19.4. The number of nitrogens with zero attached hydrogens (tertiary/aromatic N) is 2. The van der Waals surface area contributed by atoms with Crippen molar-refractivity contribution in [2.24, 2.45) is 5.41 Å². The summed E-state index contributed by atoms with van der Waals surface area (Å²) in [6.07, 6.45) is 0. The van der Waals surface area contributed by atoms with Crippen LogP contribution < -0.4 is 5.32 Å². The molecule has 0 aliphatic heterocycles. The largest absolute Gasteiger partial charge is 0.463 e. The lowest BCUT2D eigenvalue weighted by atomic mass is 9.95. The highest BCUT2D eigenvalue weighted by molar-refractivity contribution is 5.85. The van der Waals surface area contributed by atoms with Crippen molar-refractivity contribution in [3.63, 3.8) is 0 Å². The zero-order valence-electron chi connectivity index (χ0n) is 11.1. The Kier molecular flexibility index (Phi) is 4.61. The van der Waals surface area contributed by atoms with E-state index in [0.29, 0.717) is 18.1 Å². The minimum absolute atomic E-state index is 0.0294. The Morgan fingerprint density at radius 2 is 2.17 bits per heavy atom. The fourth-order valence-electron chi connectivity index (χ4n) is 1.23. The van der Waals surface area contributed by atoms with Gasteiger partial charge >= 0.3 is 5.97 Å². The monoisotopic (exact) mass is 253 g/mol. The van der Waals surface area contributed by atoms with Crippen molar-refractivity contribution < 1.29 is 14.6 Å². The summed E-state index contributed by atoms with van der Waals surface area (Å²) < 4.78 is 4.58. The van der Waals surface area contributed by atoms with Crippen molar-refractivity contribution in [3.8, 4) is 0 Å². The second-order valence-corrected chi connectivity index (χ2v) is 4.89. The van der Waals surface area contributed by atoms with Gasteiger partial charge in [-0.2, -0.15) is 0 Å². The van der Waals surface area contributed by atoms with Gasteiger partial charge in [0.05, 0.1) is 7.11 Å². The van der Waals surface area contributed by atoms with Gasteiger partial charge < -0.3 is 15.2 Å². The van der Waals surface area contributed by atoms with Crippen LogP contribution in [0.5, 0.6) is 0 Å². The molecule has 2 N–H and O–H groups in total. The standard InChI is InChI=1S/C12H19N3O3/c1-8-5-9(13-6-12(2,3)7-16)15-10(14-8)11(17)18-4/h5,16H,6-7H2,1-4H3,(H,13,14,15). The number of nitrogens with one attached hydrogen (secondary N) is 1. The van der Waals surface area contributed by atoms with Gasteiger partial charge in [-0.3, -0.25) is 0 Å². The van der Waals surface area contributed by atoms with E-state index in [4.69, 9.17) is 5.11 Å². The van der Waals surface area contributed by atoms with Crippen LogP contribution in [0, 0.1) is 12.3 Å². The van der Waals surface area contributed by atoms with Gasteiger partial charge in [-0.15, -0.1) is 0 Å². The van der Waals surface area contributed by atoms with Crippen molar-refractivity contribution in [2.75, 3.05) is 25.6 Å². The van der Waals surface area contributed by atoms with E-state index in [0.717, 1.165) is 0 Å². The first-order valence-electron chi connectivity index (χ1n) is 5.67. The fraction of sp³-hybridized carbons (Fsp3) is 0.583. The molecule has 0 aliphatic rings. The number of aryl methyl sites for hydroxylation is 1. The van der Waals surface area contributed by atoms with Crippen molar-refractivity contribution in [3.05, 3.63) is 17.6 Å². The lowest BCUT2D eigenvalue weighted by Gasteiger charge is -2.22. The average molecular weight is 253 g/mol. The maximum atomic E-state index is 11.4. The Balaban J connectivity index is 2.84. The van der Waals surface area contributed by atoms with Crippen molar-refractivity contribution in [1.82, 2.24) is 9.97 Å². The SMILES string of the molecule is COC(=O)c1nc(C)cc(NCC(C)(C)CO)n1. The van der Waals surface area contributed by atoms with E-state index < -0.39 is 5.97 Å². The molecule has 0 aliphatic carbocycles. The van der Waals surface area contributed by atoms with E-state index in [-0.39, 0.29) is 17.8 Å². The molecule has 1 heterocycles. The number of methoxy groups -OCH3 is 1. The minimum atomic E-state index is -0.567. The Labute approximate surface area is 106 Å². The molecular formula is C12H19N3O3. The number of aromatic nitrogens is 2. The molecule has 0 atom stereocenters. The first-order chi connectivity index (χ1) is 8.38. The summed E-state index contributed by atoms with van der Waals surface area (Å²) in [7, 11) is 1.29. The number of esters is 1. The van der Waals surface area contributed by atoms with E-state index >= 15 is 0 Å². The zero-order valence-corrected chi connectivity index (χ0v) is 11.1. The minimum Gasteiger partial charge on any atom is -0.463 e. The Bertz CT molecular complexity index is 433. The summed E-state index contributed by atoms with van der Waals surface area (Å²) in [5, 5.41) is 12.2. The molecule has 1 aromatic rings. The Hall–Kier alpha value is -1.69. The second-order valence-electron chi connectivity index (χ2n) is 4.89. The first kappa shape index (κ1) is 14.4. The van der Waals surface area contributed by atoms with Crippen LogP contribution in [0.2, 0.25) is 0 Å². The molecular weight excluding hydrogens is 234 g/mol. The van der Waals surface area contributed by atoms with E-state index in [1.165, 1.54) is 7.11 Å². The number of carbonyl (C=O) groups is 1. The van der Waals surface area contributed by atoms with Crippen LogP contribution in [0.1, 0.15) is 30.2 Å². The maximum absolute atomic E-state index is 11.4. The van der Waals surface area contributed by atoms with Crippen molar-refractivity contribution in [1.29, 1.82) is 0 Å². The molecule has 100 valence electrons. The molecule has 6 heteroatoms. The normalized spacial score (nSPS) is 11.2. The predicted octanol–water partition coefficient (Wildman–Crippen LogP) is 1.00. The molecule has 0 saturated heterocycles. The van der Waals surface area contributed by atoms with Crippen molar-refractivity contribution in [2.45, 2.75) is 20.8 Å². The van der Waals surface area contributed by atoms with E-state index in [9.17, 15) is 4.79 Å². The summed E-state index contributed by atoms with van der Waals surface area (Å²) in [6, 6.07) is 1.74. The lowest BCUT2D eigenvalue weighted by Crippen LogP contribution is -2.27. The summed E-state index contributed by atoms with van der Waals surface area (Å²) >= 11 is 0. The van der Waals surface area contributed by atoms with E-state index in [1.54, 1.807) is 13.0 Å². The molecule has 18 heavy (non-hydrogen) atoms. The summed E-state index contributed by atoms with van der Waals surface area (Å²) in [5.74, 6) is 0.00870. The van der Waals surface area contributed by atoms with Gasteiger partial charge in [-0.25, -0.2) is 14.8 Å². The van der Waals surface area contributed by atoms with Gasteiger partial charge in [0.25, 0.3) is 0 Å². The van der Waals surface area contributed by atoms with Crippen molar-refractivity contribution >= 4 is 11.8 Å². The van der Waals surface area contributed by atoms with Crippen LogP contribution in [-0.2, 0) is 4.74 Å². The van der Waals surface area contributed by atoms with Gasteiger partial charge in [-0.05, 0) is 6.92 Å². The molecule has 0 unspecified atom stereocenters. The number of aliphatic hydroxyl groups excluding tert-OH is 1. The number of hydrogen-bond acceptors (Lipinski definition) is 6. The van der Waals surface area contributed by atoms with E-state index in [2.05, 4.69) is 20.0 Å². The van der Waals surface area contributed by atoms with Gasteiger partial charge in [0.1, 0.15) is 5.82 Å². The number of anilines is 1. The van der Waals surface area contributed by atoms with Gasteiger partial charge in [0, 0.05) is 30.3 Å². The summed E-state index contributed by atoms with van der Waals surface area (Å²) in [6.45, 7) is 6.23. The molecule has 1 aromatic heterocycles. The highest BCUT2D eigenvalue weighted by Gasteiger charge is 2.17. The number of hydrogen-bond donors (Lipinski definition) is 2. The van der Waals surface area contributed by atoms with Gasteiger partial charge in [0.2, 0.25) is 5.82 Å². The molecule has 0 saturated carbocycles. The highest BCUT2D eigenvalue weighted by Crippen LogP contribution is 2.15. The Morgan fingerprint density at radius 3 is 2.72 bits per heavy atom. The molecule has 6 nitrogen and oxygen atoms in total. The predicted molar refractivity (Wildman–Crippen MR) is 67.5 cm³/mol. The highest BCUT2D eigenvalue weighted by atomic mass is 16.5. The number of carbonyl (C=O) groups excluding carboxylic acids is 1. The first-order valence-corrected chi connectivity index (χ1v) is 5.67. The Morgan fingerprint density at radius 1 is 1.50 bits per heavy atom. The van der Waals surface area contributed by atoms with Crippen LogP contribution in [0.25, 0.3) is 0 Å².